The maximum absolute atomic E-state index is 13.9. The molecule has 9 heteroatoms. The van der Waals surface area contributed by atoms with Gasteiger partial charge in [0.1, 0.15) is 11.8 Å². The fraction of sp³-hybridized carbons (Fsp3) is 0.364. The van der Waals surface area contributed by atoms with Gasteiger partial charge in [0.2, 0.25) is 5.91 Å². The Morgan fingerprint density at radius 3 is 2.50 bits per heavy atom. The molecule has 1 heterocycles. The summed E-state index contributed by atoms with van der Waals surface area (Å²) in [5.74, 6) is -1.17. The number of phenolic OH excluding ortho intramolecular Hbond substituents is 1. The van der Waals surface area contributed by atoms with Crippen LogP contribution in [-0.2, 0) is 22.4 Å². The zero-order valence-electron chi connectivity index (χ0n) is 24.0. The summed E-state index contributed by atoms with van der Waals surface area (Å²) in [5, 5.41) is 27.6. The highest BCUT2D eigenvalue weighted by Gasteiger charge is 2.50. The van der Waals surface area contributed by atoms with Crippen molar-refractivity contribution < 1.29 is 24.6 Å². The molecule has 1 aliphatic heterocycles. The third-order valence-electron chi connectivity index (χ3n) is 8.33. The molecule has 2 aliphatic rings. The molecule has 5 rings (SSSR count). The molecular weight excluding hydrogens is 550 g/mol. The van der Waals surface area contributed by atoms with Crippen LogP contribution in [0.5, 0.6) is 5.75 Å². The van der Waals surface area contributed by atoms with E-state index in [9.17, 15) is 24.6 Å². The van der Waals surface area contributed by atoms with Crippen molar-refractivity contribution in [1.82, 2.24) is 15.5 Å². The Labute approximate surface area is 250 Å². The van der Waals surface area contributed by atoms with Gasteiger partial charge in [-0.3, -0.25) is 14.4 Å². The zero-order chi connectivity index (χ0) is 30.0. The first-order chi connectivity index (χ1) is 20.1. The molecule has 0 aromatic heterocycles. The molecule has 0 bridgehead atoms. The lowest BCUT2D eigenvalue weighted by molar-refractivity contribution is -0.147. The molecule has 3 aromatic carbocycles. The van der Waals surface area contributed by atoms with Gasteiger partial charge >= 0.3 is 0 Å². The molecule has 0 saturated carbocycles. The molecular formula is C33H37N3O5S. The van der Waals surface area contributed by atoms with Crippen molar-refractivity contribution in [3.05, 3.63) is 101 Å². The average molecular weight is 588 g/mol. The van der Waals surface area contributed by atoms with Crippen LogP contribution in [-0.4, -0.2) is 61.6 Å². The van der Waals surface area contributed by atoms with Gasteiger partial charge in [-0.1, -0.05) is 60.7 Å². The lowest BCUT2D eigenvalue weighted by Crippen LogP contribution is -2.59. The monoisotopic (exact) mass is 587 g/mol. The molecule has 0 spiro atoms. The van der Waals surface area contributed by atoms with Crippen LogP contribution in [0.2, 0.25) is 0 Å². The summed E-state index contributed by atoms with van der Waals surface area (Å²) in [4.78, 5) is 42.5. The standard InChI is InChI=1S/C33H37N3O5S/c1-20-23(14-9-15-27(20)37)30(39)35-26(18-21-10-5-4-6-11-21)28(38)32(41)36-19-42-33(2,3)29(36)31(40)34-25-17-16-22-12-7-8-13-24(22)25/h4-15,25-26,28-29,37-38H,16-19H2,1-3H3,(H,34,40)(H,35,39)/t25-,26+,28+,29-/m1/s1. The minimum Gasteiger partial charge on any atom is -0.508 e. The Morgan fingerprint density at radius 1 is 1.02 bits per heavy atom. The van der Waals surface area contributed by atoms with E-state index >= 15 is 0 Å². The largest absolute Gasteiger partial charge is 0.508 e. The predicted octanol–water partition coefficient (Wildman–Crippen LogP) is 3.89. The van der Waals surface area contributed by atoms with Crippen molar-refractivity contribution in [2.45, 2.75) is 69.0 Å². The van der Waals surface area contributed by atoms with Crippen molar-refractivity contribution in [2.24, 2.45) is 0 Å². The Balaban J connectivity index is 1.37. The second-order valence-corrected chi connectivity index (χ2v) is 13.1. The van der Waals surface area contributed by atoms with Gasteiger partial charge in [-0.2, -0.15) is 0 Å². The van der Waals surface area contributed by atoms with Crippen LogP contribution in [0.25, 0.3) is 0 Å². The fourth-order valence-electron chi connectivity index (χ4n) is 5.94. The van der Waals surface area contributed by atoms with E-state index in [0.717, 1.165) is 24.0 Å². The van der Waals surface area contributed by atoms with Crippen molar-refractivity contribution in [1.29, 1.82) is 0 Å². The van der Waals surface area contributed by atoms with Crippen molar-refractivity contribution in [3.63, 3.8) is 0 Å². The molecule has 4 atom stereocenters. The summed E-state index contributed by atoms with van der Waals surface area (Å²) in [5.41, 5.74) is 3.79. The minimum atomic E-state index is -1.61. The van der Waals surface area contributed by atoms with E-state index in [0.29, 0.717) is 5.56 Å². The van der Waals surface area contributed by atoms with E-state index in [-0.39, 0.29) is 35.6 Å². The molecule has 220 valence electrons. The zero-order valence-corrected chi connectivity index (χ0v) is 24.9. The molecule has 3 aromatic rings. The highest BCUT2D eigenvalue weighted by Crippen LogP contribution is 2.41. The van der Waals surface area contributed by atoms with Gasteiger partial charge in [-0.05, 0) is 68.9 Å². The first-order valence-electron chi connectivity index (χ1n) is 14.2. The Hall–Kier alpha value is -3.82. The smallest absolute Gasteiger partial charge is 0.254 e. The quantitative estimate of drug-likeness (QED) is 0.318. The number of nitrogens with zero attached hydrogens (tertiary/aromatic N) is 1. The van der Waals surface area contributed by atoms with E-state index in [4.69, 9.17) is 0 Å². The minimum absolute atomic E-state index is 0.0195. The van der Waals surface area contributed by atoms with Crippen LogP contribution < -0.4 is 10.6 Å². The van der Waals surface area contributed by atoms with Gasteiger partial charge in [0.05, 0.1) is 18.0 Å². The number of aromatic hydroxyl groups is 1. The van der Waals surface area contributed by atoms with Gasteiger partial charge in [0.15, 0.2) is 6.10 Å². The van der Waals surface area contributed by atoms with Gasteiger partial charge in [0.25, 0.3) is 11.8 Å². The summed E-state index contributed by atoms with van der Waals surface area (Å²) in [6, 6.07) is 20.1. The van der Waals surface area contributed by atoms with E-state index in [1.807, 2.05) is 62.4 Å². The lowest BCUT2D eigenvalue weighted by Gasteiger charge is -2.34. The predicted molar refractivity (Wildman–Crippen MR) is 163 cm³/mol. The number of aliphatic hydroxyl groups excluding tert-OH is 1. The van der Waals surface area contributed by atoms with E-state index in [2.05, 4.69) is 16.7 Å². The molecule has 4 N–H and O–H groups in total. The van der Waals surface area contributed by atoms with E-state index in [1.165, 1.54) is 28.3 Å². The number of benzene rings is 3. The van der Waals surface area contributed by atoms with Crippen molar-refractivity contribution in [3.8, 4) is 5.75 Å². The summed E-state index contributed by atoms with van der Waals surface area (Å²) in [6.45, 7) is 5.49. The fourth-order valence-corrected chi connectivity index (χ4v) is 7.08. The number of aryl methyl sites for hydroxylation is 1. The van der Waals surface area contributed by atoms with Gasteiger partial charge in [-0.25, -0.2) is 0 Å². The van der Waals surface area contributed by atoms with Crippen LogP contribution in [0, 0.1) is 6.92 Å². The number of carbonyl (C=O) groups is 3. The number of fused-ring (bicyclic) bond motifs is 1. The molecule has 42 heavy (non-hydrogen) atoms. The number of nitrogens with one attached hydrogen (secondary N) is 2. The topological polar surface area (TPSA) is 119 Å². The normalized spacial score (nSPS) is 20.4. The third kappa shape index (κ3) is 6.03. The highest BCUT2D eigenvalue weighted by molar-refractivity contribution is 8.00. The van der Waals surface area contributed by atoms with Crippen molar-refractivity contribution in [2.75, 3.05) is 5.88 Å². The van der Waals surface area contributed by atoms with Crippen LogP contribution in [0.3, 0.4) is 0 Å². The first-order valence-corrected chi connectivity index (χ1v) is 15.2. The molecule has 1 saturated heterocycles. The Bertz CT molecular complexity index is 1480. The van der Waals surface area contributed by atoms with Crippen LogP contribution >= 0.6 is 11.8 Å². The lowest BCUT2D eigenvalue weighted by atomic mass is 9.96. The Kier molecular flexibility index (Phi) is 8.61. The van der Waals surface area contributed by atoms with Crippen LogP contribution in [0.4, 0.5) is 0 Å². The van der Waals surface area contributed by atoms with Gasteiger partial charge < -0.3 is 25.7 Å². The number of carbonyl (C=O) groups excluding carboxylic acids is 3. The number of amides is 3. The van der Waals surface area contributed by atoms with Gasteiger partial charge in [-0.15, -0.1) is 11.8 Å². The molecule has 3 amide bonds. The maximum atomic E-state index is 13.9. The molecule has 1 aliphatic carbocycles. The summed E-state index contributed by atoms with van der Waals surface area (Å²) >= 11 is 1.48. The molecule has 0 unspecified atom stereocenters. The molecule has 1 fully saturated rings. The number of rotatable bonds is 8. The highest BCUT2D eigenvalue weighted by atomic mass is 32.2. The summed E-state index contributed by atoms with van der Waals surface area (Å²) in [6.07, 6.45) is 0.257. The van der Waals surface area contributed by atoms with Gasteiger partial charge in [0, 0.05) is 15.9 Å². The number of hydrogen-bond acceptors (Lipinski definition) is 6. The summed E-state index contributed by atoms with van der Waals surface area (Å²) < 4.78 is -0.589. The number of aliphatic hydroxyl groups is 1. The maximum Gasteiger partial charge on any atom is 0.254 e. The SMILES string of the molecule is Cc1c(O)cccc1C(=O)N[C@@H](Cc1ccccc1)[C@H](O)C(=O)N1CSC(C)(C)[C@H]1C(=O)N[C@@H]1CCc2ccccc21. The third-order valence-corrected chi connectivity index (χ3v) is 9.70. The molecule has 0 radical (unpaired) electrons. The average Bonchev–Trinajstić information content (AvgIpc) is 3.53. The number of hydrogen-bond donors (Lipinski definition) is 4. The second-order valence-electron chi connectivity index (χ2n) is 11.6. The summed E-state index contributed by atoms with van der Waals surface area (Å²) in [7, 11) is 0. The van der Waals surface area contributed by atoms with E-state index in [1.54, 1.807) is 19.1 Å². The van der Waals surface area contributed by atoms with Crippen LogP contribution in [0.15, 0.2) is 72.8 Å². The number of phenols is 1. The van der Waals surface area contributed by atoms with Crippen molar-refractivity contribution >= 4 is 29.5 Å². The van der Waals surface area contributed by atoms with E-state index < -0.39 is 34.7 Å². The molecule has 8 nitrogen and oxygen atoms in total. The Morgan fingerprint density at radius 2 is 1.74 bits per heavy atom. The number of thioether (sulfide) groups is 1. The second kappa shape index (κ2) is 12.2. The first kappa shape index (κ1) is 29.7. The van der Waals surface area contributed by atoms with Crippen LogP contribution in [0.1, 0.15) is 58.9 Å².